The molecular formula is C35H41N3O5. The highest BCUT2D eigenvalue weighted by Crippen LogP contribution is 2.58. The van der Waals surface area contributed by atoms with Crippen molar-refractivity contribution in [3.05, 3.63) is 90.5 Å². The Kier molecular flexibility index (Phi) is 8.25. The van der Waals surface area contributed by atoms with E-state index in [1.807, 2.05) is 91.9 Å². The van der Waals surface area contributed by atoms with Crippen LogP contribution in [0.4, 0.5) is 5.69 Å². The van der Waals surface area contributed by atoms with E-state index in [0.717, 1.165) is 24.1 Å². The monoisotopic (exact) mass is 583 g/mol. The Morgan fingerprint density at radius 1 is 0.814 bits per heavy atom. The molecule has 0 aromatic heterocycles. The van der Waals surface area contributed by atoms with Crippen molar-refractivity contribution in [1.82, 2.24) is 9.80 Å². The molecule has 4 aliphatic rings. The third-order valence-electron chi connectivity index (χ3n) is 9.61. The van der Waals surface area contributed by atoms with Gasteiger partial charge in [-0.3, -0.25) is 14.4 Å². The predicted octanol–water partition coefficient (Wildman–Crippen LogP) is 4.10. The molecule has 2 aromatic carbocycles. The quantitative estimate of drug-likeness (QED) is 0.336. The number of amides is 3. The van der Waals surface area contributed by atoms with E-state index in [4.69, 9.17) is 4.74 Å². The van der Waals surface area contributed by atoms with Crippen LogP contribution in [0.15, 0.2) is 85.0 Å². The SMILES string of the molecule is CC[C@@]12C=CCN(c3ccccc3)C(=O)[C@@H]1[C@H]1C(=O)N(CCCCCCO)C3C(=O)N(Cc4ccccc4)CC=C[C@@]31O2. The summed E-state index contributed by atoms with van der Waals surface area (Å²) < 4.78 is 7.08. The number of aliphatic hydroxyl groups excluding tert-OH is 1. The number of hydrogen-bond donors (Lipinski definition) is 1. The molecule has 4 heterocycles. The van der Waals surface area contributed by atoms with E-state index in [1.165, 1.54) is 0 Å². The molecule has 0 saturated carbocycles. The Balaban J connectivity index is 1.41. The molecule has 4 aliphatic heterocycles. The van der Waals surface area contributed by atoms with E-state index in [0.29, 0.717) is 45.4 Å². The molecule has 226 valence electrons. The molecule has 2 aromatic rings. The van der Waals surface area contributed by atoms with Gasteiger partial charge >= 0.3 is 0 Å². The highest BCUT2D eigenvalue weighted by atomic mass is 16.5. The van der Waals surface area contributed by atoms with Gasteiger partial charge in [-0.05, 0) is 37.0 Å². The first-order valence-electron chi connectivity index (χ1n) is 15.6. The van der Waals surface area contributed by atoms with Gasteiger partial charge in [0.15, 0.2) is 0 Å². The Bertz CT molecular complexity index is 1390. The van der Waals surface area contributed by atoms with Crippen LogP contribution in [0.5, 0.6) is 0 Å². The molecule has 3 amide bonds. The zero-order valence-corrected chi connectivity index (χ0v) is 24.8. The number of aliphatic hydroxyl groups is 1. The van der Waals surface area contributed by atoms with Gasteiger partial charge in [0.2, 0.25) is 17.7 Å². The van der Waals surface area contributed by atoms with E-state index in [9.17, 15) is 19.5 Å². The second-order valence-electron chi connectivity index (χ2n) is 12.1. The average Bonchev–Trinajstić information content (AvgIpc) is 3.32. The van der Waals surface area contributed by atoms with E-state index in [1.54, 1.807) is 14.7 Å². The van der Waals surface area contributed by atoms with Gasteiger partial charge in [-0.1, -0.05) is 92.6 Å². The van der Waals surface area contributed by atoms with Gasteiger partial charge in [0.1, 0.15) is 11.6 Å². The highest BCUT2D eigenvalue weighted by molar-refractivity contribution is 6.04. The lowest BCUT2D eigenvalue weighted by Gasteiger charge is -2.38. The number of hydrogen-bond acceptors (Lipinski definition) is 5. The third-order valence-corrected chi connectivity index (χ3v) is 9.61. The Morgan fingerprint density at radius 3 is 2.23 bits per heavy atom. The number of ether oxygens (including phenoxy) is 1. The van der Waals surface area contributed by atoms with Crippen LogP contribution in [0, 0.1) is 11.8 Å². The number of anilines is 1. The van der Waals surface area contributed by atoms with Gasteiger partial charge in [-0.15, -0.1) is 0 Å². The summed E-state index contributed by atoms with van der Waals surface area (Å²) in [5, 5.41) is 9.23. The van der Waals surface area contributed by atoms with Crippen LogP contribution in [0.3, 0.4) is 0 Å². The number of rotatable bonds is 10. The van der Waals surface area contributed by atoms with Crippen molar-refractivity contribution < 1.29 is 24.2 Å². The van der Waals surface area contributed by atoms with Crippen LogP contribution in [0.2, 0.25) is 0 Å². The van der Waals surface area contributed by atoms with Gasteiger partial charge in [-0.25, -0.2) is 0 Å². The van der Waals surface area contributed by atoms with Crippen LogP contribution in [0.1, 0.15) is 44.6 Å². The first-order chi connectivity index (χ1) is 21.0. The summed E-state index contributed by atoms with van der Waals surface area (Å²) in [5.74, 6) is -2.09. The van der Waals surface area contributed by atoms with Crippen molar-refractivity contribution in [2.24, 2.45) is 11.8 Å². The third kappa shape index (κ3) is 5.00. The smallest absolute Gasteiger partial charge is 0.249 e. The average molecular weight is 584 g/mol. The summed E-state index contributed by atoms with van der Waals surface area (Å²) in [6.45, 7) is 3.72. The normalized spacial score (nSPS) is 29.9. The van der Waals surface area contributed by atoms with Crippen LogP contribution < -0.4 is 4.90 Å². The number of likely N-dealkylation sites (tertiary alicyclic amines) is 1. The molecule has 8 nitrogen and oxygen atoms in total. The topological polar surface area (TPSA) is 90.4 Å². The van der Waals surface area contributed by atoms with Crippen LogP contribution in [-0.2, 0) is 25.7 Å². The molecule has 0 aliphatic carbocycles. The van der Waals surface area contributed by atoms with Crippen LogP contribution in [-0.4, -0.2) is 76.1 Å². The van der Waals surface area contributed by atoms with Crippen LogP contribution >= 0.6 is 0 Å². The number of carbonyl (C=O) groups excluding carboxylic acids is 3. The zero-order valence-electron chi connectivity index (χ0n) is 24.8. The van der Waals surface area contributed by atoms with Gasteiger partial charge in [0, 0.05) is 38.5 Å². The minimum absolute atomic E-state index is 0.135. The molecule has 8 heteroatoms. The van der Waals surface area contributed by atoms with Gasteiger partial charge in [0.05, 0.1) is 17.4 Å². The second kappa shape index (κ2) is 12.1. The summed E-state index contributed by atoms with van der Waals surface area (Å²) in [5.41, 5.74) is -0.485. The maximum atomic E-state index is 14.6. The summed E-state index contributed by atoms with van der Waals surface area (Å²) in [6.07, 6.45) is 11.4. The van der Waals surface area contributed by atoms with Crippen molar-refractivity contribution in [2.75, 3.05) is 31.1 Å². The second-order valence-corrected chi connectivity index (χ2v) is 12.1. The fraction of sp³-hybridized carbons (Fsp3) is 0.457. The molecule has 5 atom stereocenters. The lowest BCUT2D eigenvalue weighted by molar-refractivity contribution is -0.152. The number of unbranched alkanes of at least 4 members (excludes halogenated alkanes) is 3. The first kappa shape index (κ1) is 29.3. The molecule has 2 fully saturated rings. The summed E-state index contributed by atoms with van der Waals surface area (Å²) >= 11 is 0. The maximum Gasteiger partial charge on any atom is 0.249 e. The molecule has 0 bridgehead atoms. The Labute approximate surface area is 253 Å². The molecule has 0 radical (unpaired) electrons. The number of benzene rings is 2. The Hall–Kier alpha value is -3.75. The number of para-hydroxylation sites is 1. The molecular weight excluding hydrogens is 542 g/mol. The molecule has 6 rings (SSSR count). The number of nitrogens with zero attached hydrogens (tertiary/aromatic N) is 3. The summed E-state index contributed by atoms with van der Waals surface area (Å²) in [7, 11) is 0. The summed E-state index contributed by atoms with van der Waals surface area (Å²) in [6, 6.07) is 18.5. The minimum atomic E-state index is -1.26. The van der Waals surface area contributed by atoms with Gasteiger partial charge in [-0.2, -0.15) is 0 Å². The highest BCUT2D eigenvalue weighted by Gasteiger charge is 2.75. The standard InChI is InChI=1S/C35H41N3O5/c1-2-34-19-13-23-37(27-17-9-6-10-18-27)31(40)28(34)29-32(41)38(22-11-3-4-12-24-39)30-33(42)36(21-14-20-35(29,30)43-34)25-26-15-7-5-8-16-26/h5-10,13-20,28-30,39H,2-4,11-12,21-25H2,1H3/t28-,29-,30?,34+,35-/m0/s1. The molecule has 2 saturated heterocycles. The lowest BCUT2D eigenvalue weighted by Crippen LogP contribution is -2.56. The fourth-order valence-corrected chi connectivity index (χ4v) is 7.58. The fourth-order valence-electron chi connectivity index (χ4n) is 7.58. The maximum absolute atomic E-state index is 14.6. The molecule has 1 spiro atoms. The largest absolute Gasteiger partial charge is 0.396 e. The lowest BCUT2D eigenvalue weighted by atomic mass is 9.73. The number of fused-ring (bicyclic) bond motifs is 2. The van der Waals surface area contributed by atoms with Crippen molar-refractivity contribution in [2.45, 2.75) is 62.8 Å². The van der Waals surface area contributed by atoms with E-state index >= 15 is 0 Å². The number of carbonyl (C=O) groups is 3. The zero-order chi connectivity index (χ0) is 30.0. The van der Waals surface area contributed by atoms with Crippen molar-refractivity contribution in [1.29, 1.82) is 0 Å². The minimum Gasteiger partial charge on any atom is -0.396 e. The first-order valence-corrected chi connectivity index (χ1v) is 15.6. The van der Waals surface area contributed by atoms with Crippen LogP contribution in [0.25, 0.3) is 0 Å². The predicted molar refractivity (Wildman–Crippen MR) is 164 cm³/mol. The van der Waals surface area contributed by atoms with Crippen molar-refractivity contribution in [3.63, 3.8) is 0 Å². The van der Waals surface area contributed by atoms with Crippen molar-refractivity contribution in [3.8, 4) is 0 Å². The van der Waals surface area contributed by atoms with Crippen molar-refractivity contribution >= 4 is 23.4 Å². The summed E-state index contributed by atoms with van der Waals surface area (Å²) in [4.78, 5) is 49.0. The molecule has 1 N–H and O–H groups in total. The van der Waals surface area contributed by atoms with Gasteiger partial charge < -0.3 is 24.5 Å². The van der Waals surface area contributed by atoms with E-state index in [-0.39, 0.29) is 24.3 Å². The molecule has 43 heavy (non-hydrogen) atoms. The molecule has 1 unspecified atom stereocenters. The van der Waals surface area contributed by atoms with E-state index < -0.39 is 29.1 Å². The Morgan fingerprint density at radius 2 is 1.51 bits per heavy atom. The van der Waals surface area contributed by atoms with Gasteiger partial charge in [0.25, 0.3) is 0 Å². The van der Waals surface area contributed by atoms with E-state index in [2.05, 4.69) is 0 Å².